The molecule has 2 atom stereocenters. The summed E-state index contributed by atoms with van der Waals surface area (Å²) < 4.78 is 10.3. The van der Waals surface area contributed by atoms with Crippen LogP contribution in [0.4, 0.5) is 0 Å². The zero-order chi connectivity index (χ0) is 15.8. The lowest BCUT2D eigenvalue weighted by molar-refractivity contribution is -0.225. The van der Waals surface area contributed by atoms with Crippen molar-refractivity contribution < 1.29 is 19.1 Å². The first-order chi connectivity index (χ1) is 9.29. The average molecular weight is 329 g/mol. The lowest BCUT2D eigenvalue weighted by Crippen LogP contribution is -2.45. The van der Waals surface area contributed by atoms with E-state index in [0.29, 0.717) is 0 Å². The molecular formula is C12H22Cl2N2O4. The van der Waals surface area contributed by atoms with Gasteiger partial charge in [-0.1, -0.05) is 6.92 Å². The molecule has 0 rings (SSSR count). The number of esters is 2. The molecule has 0 amide bonds. The molecular weight excluding hydrogens is 307 g/mol. The van der Waals surface area contributed by atoms with Crippen LogP contribution in [-0.4, -0.2) is 41.6 Å². The maximum absolute atomic E-state index is 11.7. The summed E-state index contributed by atoms with van der Waals surface area (Å²) in [5.74, 6) is -2.27. The van der Waals surface area contributed by atoms with E-state index >= 15 is 0 Å². The van der Waals surface area contributed by atoms with Gasteiger partial charge in [0.1, 0.15) is 12.1 Å². The van der Waals surface area contributed by atoms with Crippen LogP contribution < -0.4 is 11.5 Å². The van der Waals surface area contributed by atoms with Crippen molar-refractivity contribution in [3.63, 3.8) is 0 Å². The highest BCUT2D eigenvalue weighted by molar-refractivity contribution is 6.18. The van der Waals surface area contributed by atoms with Gasteiger partial charge in [0.25, 0.3) is 5.79 Å². The van der Waals surface area contributed by atoms with Crippen LogP contribution in [0.3, 0.4) is 0 Å². The first-order valence-corrected chi connectivity index (χ1v) is 7.45. The van der Waals surface area contributed by atoms with E-state index in [0.717, 1.165) is 0 Å². The minimum Gasteiger partial charge on any atom is -0.422 e. The Balaban J connectivity index is 4.61. The van der Waals surface area contributed by atoms with Gasteiger partial charge >= 0.3 is 11.9 Å². The maximum atomic E-state index is 11.7. The molecule has 118 valence electrons. The molecule has 0 saturated carbocycles. The van der Waals surface area contributed by atoms with E-state index in [1.54, 1.807) is 6.92 Å². The highest BCUT2D eigenvalue weighted by Gasteiger charge is 2.34. The fourth-order valence-electron chi connectivity index (χ4n) is 1.21. The molecule has 0 aromatic rings. The molecule has 0 bridgehead atoms. The van der Waals surface area contributed by atoms with Crippen LogP contribution in [0, 0.1) is 0 Å². The monoisotopic (exact) mass is 328 g/mol. The van der Waals surface area contributed by atoms with Crippen molar-refractivity contribution in [2.45, 2.75) is 51.0 Å². The second kappa shape index (κ2) is 9.39. The highest BCUT2D eigenvalue weighted by atomic mass is 35.5. The number of nitrogens with two attached hydrogens (primary N) is 2. The van der Waals surface area contributed by atoms with Crippen LogP contribution in [0.5, 0.6) is 0 Å². The summed E-state index contributed by atoms with van der Waals surface area (Å²) >= 11 is 11.0. The number of rotatable bonds is 9. The molecule has 0 aliphatic heterocycles. The molecule has 0 spiro atoms. The van der Waals surface area contributed by atoms with Crippen LogP contribution in [-0.2, 0) is 19.1 Å². The fourth-order valence-corrected chi connectivity index (χ4v) is 1.68. The molecule has 0 fully saturated rings. The quantitative estimate of drug-likeness (QED) is 0.373. The lowest BCUT2D eigenvalue weighted by atomic mass is 10.2. The third kappa shape index (κ3) is 6.74. The Labute approximate surface area is 129 Å². The Morgan fingerprint density at radius 3 is 1.65 bits per heavy atom. The number of carbonyl (C=O) groups excluding carboxylic acids is 2. The van der Waals surface area contributed by atoms with E-state index < -0.39 is 29.8 Å². The topological polar surface area (TPSA) is 105 Å². The van der Waals surface area contributed by atoms with Gasteiger partial charge in [-0.25, -0.2) is 0 Å². The molecule has 20 heavy (non-hydrogen) atoms. The second-order valence-corrected chi connectivity index (χ2v) is 5.25. The van der Waals surface area contributed by atoms with E-state index in [9.17, 15) is 9.59 Å². The molecule has 0 aliphatic carbocycles. The third-order valence-electron chi connectivity index (χ3n) is 2.72. The minimum absolute atomic E-state index is 0.236. The zero-order valence-corrected chi connectivity index (χ0v) is 13.2. The first kappa shape index (κ1) is 19.4. The molecule has 0 aromatic heterocycles. The van der Waals surface area contributed by atoms with Crippen molar-refractivity contribution in [3.8, 4) is 0 Å². The van der Waals surface area contributed by atoms with Gasteiger partial charge < -0.3 is 20.9 Å². The molecule has 0 radical (unpaired) electrons. The summed E-state index contributed by atoms with van der Waals surface area (Å²) in [6, 6.07) is -1.71. The predicted octanol–water partition coefficient (Wildman–Crippen LogP) is 1.11. The SMILES string of the molecule is CCC(C)(OC(=O)[C@@H](N)CCCl)OC(=O)[C@@H](N)CCCl. The summed E-state index contributed by atoms with van der Waals surface area (Å²) in [6.07, 6.45) is 0.825. The molecule has 4 N–H and O–H groups in total. The van der Waals surface area contributed by atoms with E-state index in [2.05, 4.69) is 0 Å². The van der Waals surface area contributed by atoms with Crippen LogP contribution in [0.1, 0.15) is 33.1 Å². The van der Waals surface area contributed by atoms with Crippen molar-refractivity contribution >= 4 is 35.1 Å². The molecule has 0 heterocycles. The summed E-state index contributed by atoms with van der Waals surface area (Å²) in [7, 11) is 0. The van der Waals surface area contributed by atoms with Crippen LogP contribution >= 0.6 is 23.2 Å². The number of ether oxygens (including phenoxy) is 2. The number of hydrogen-bond donors (Lipinski definition) is 2. The smallest absolute Gasteiger partial charge is 0.326 e. The van der Waals surface area contributed by atoms with E-state index in [1.807, 2.05) is 0 Å². The van der Waals surface area contributed by atoms with Crippen LogP contribution in [0.2, 0.25) is 0 Å². The molecule has 0 aliphatic rings. The third-order valence-corrected chi connectivity index (χ3v) is 3.16. The normalized spacial score (nSPS) is 14.5. The summed E-state index contributed by atoms with van der Waals surface area (Å²) in [4.78, 5) is 23.5. The number of alkyl halides is 2. The fraction of sp³-hybridized carbons (Fsp3) is 0.833. The summed E-state index contributed by atoms with van der Waals surface area (Å²) in [5.41, 5.74) is 11.2. The van der Waals surface area contributed by atoms with Crippen molar-refractivity contribution in [2.24, 2.45) is 11.5 Å². The van der Waals surface area contributed by atoms with E-state index in [1.165, 1.54) is 6.92 Å². The van der Waals surface area contributed by atoms with Gasteiger partial charge in [0.05, 0.1) is 0 Å². The van der Waals surface area contributed by atoms with E-state index in [-0.39, 0.29) is 31.0 Å². The van der Waals surface area contributed by atoms with E-state index in [4.69, 9.17) is 44.1 Å². The molecule has 0 unspecified atom stereocenters. The van der Waals surface area contributed by atoms with Crippen LogP contribution in [0.15, 0.2) is 0 Å². The minimum atomic E-state index is -1.40. The Bertz CT molecular complexity index is 303. The molecule has 8 heteroatoms. The van der Waals surface area contributed by atoms with Gasteiger partial charge in [0, 0.05) is 25.1 Å². The van der Waals surface area contributed by atoms with Crippen molar-refractivity contribution in [2.75, 3.05) is 11.8 Å². The lowest BCUT2D eigenvalue weighted by Gasteiger charge is -2.30. The molecule has 6 nitrogen and oxygen atoms in total. The predicted molar refractivity (Wildman–Crippen MR) is 77.5 cm³/mol. The van der Waals surface area contributed by atoms with Crippen molar-refractivity contribution in [1.82, 2.24) is 0 Å². The molecule has 0 saturated heterocycles. The maximum Gasteiger partial charge on any atom is 0.326 e. The zero-order valence-electron chi connectivity index (χ0n) is 11.7. The Kier molecular flexibility index (Phi) is 9.13. The highest BCUT2D eigenvalue weighted by Crippen LogP contribution is 2.19. The summed E-state index contributed by atoms with van der Waals surface area (Å²) in [6.45, 7) is 3.18. The first-order valence-electron chi connectivity index (χ1n) is 6.38. The summed E-state index contributed by atoms with van der Waals surface area (Å²) in [5, 5.41) is 0. The van der Waals surface area contributed by atoms with Gasteiger partial charge in [-0.2, -0.15) is 0 Å². The van der Waals surface area contributed by atoms with Gasteiger partial charge in [-0.05, 0) is 12.8 Å². The Morgan fingerprint density at radius 1 is 1.05 bits per heavy atom. The average Bonchev–Trinajstić information content (AvgIpc) is 2.39. The molecule has 0 aromatic carbocycles. The standard InChI is InChI=1S/C12H22Cl2N2O4/c1-3-12(2,19-10(17)8(15)4-6-13)20-11(18)9(16)5-7-14/h8-9H,3-7,15-16H2,1-2H3/t8-,9-/m0/s1. The van der Waals surface area contributed by atoms with Crippen LogP contribution in [0.25, 0.3) is 0 Å². The van der Waals surface area contributed by atoms with Gasteiger partial charge in [-0.15, -0.1) is 23.2 Å². The largest absolute Gasteiger partial charge is 0.422 e. The van der Waals surface area contributed by atoms with Gasteiger partial charge in [-0.3, -0.25) is 9.59 Å². The van der Waals surface area contributed by atoms with Gasteiger partial charge in [0.15, 0.2) is 0 Å². The van der Waals surface area contributed by atoms with Gasteiger partial charge in [0.2, 0.25) is 0 Å². The Hall–Kier alpha value is -0.560. The number of halogens is 2. The Morgan fingerprint density at radius 2 is 1.40 bits per heavy atom. The number of carbonyl (C=O) groups is 2. The van der Waals surface area contributed by atoms with Crippen molar-refractivity contribution in [1.29, 1.82) is 0 Å². The number of hydrogen-bond acceptors (Lipinski definition) is 6. The van der Waals surface area contributed by atoms with Crippen molar-refractivity contribution in [3.05, 3.63) is 0 Å². The second-order valence-electron chi connectivity index (χ2n) is 4.50.